The van der Waals surface area contributed by atoms with E-state index in [2.05, 4.69) is 5.32 Å². The summed E-state index contributed by atoms with van der Waals surface area (Å²) >= 11 is 6.06. The highest BCUT2D eigenvalue weighted by atomic mass is 35.5. The predicted octanol–water partition coefficient (Wildman–Crippen LogP) is 4.11. The highest BCUT2D eigenvalue weighted by Crippen LogP contribution is 2.22. The minimum Gasteiger partial charge on any atom is -0.354 e. The van der Waals surface area contributed by atoms with E-state index in [1.807, 2.05) is 6.92 Å². The Bertz CT molecular complexity index is 1150. The molecule has 0 bridgehead atoms. The Morgan fingerprint density at radius 1 is 1.11 bits per heavy atom. The number of hydrogen-bond donors (Lipinski definition) is 1. The van der Waals surface area contributed by atoms with Crippen LogP contribution in [0.3, 0.4) is 0 Å². The van der Waals surface area contributed by atoms with Crippen LogP contribution in [0, 0.1) is 11.6 Å². The van der Waals surface area contributed by atoms with Crippen LogP contribution in [0.2, 0.25) is 5.02 Å². The van der Waals surface area contributed by atoms with Gasteiger partial charge in [-0.15, -0.1) is 0 Å². The van der Waals surface area contributed by atoms with E-state index in [1.165, 1.54) is 4.90 Å². The molecule has 2 rings (SSSR count). The molecule has 7 nitrogen and oxygen atoms in total. The first-order valence-electron chi connectivity index (χ1n) is 11.2. The Hall–Kier alpha value is -2.72. The van der Waals surface area contributed by atoms with Crippen molar-refractivity contribution in [1.82, 2.24) is 10.2 Å². The zero-order chi connectivity index (χ0) is 26.2. The molecular formula is C24H30ClF2N3O4S. The number of nitrogens with zero attached hydrogens (tertiary/aromatic N) is 2. The minimum absolute atomic E-state index is 0.0399. The zero-order valence-electron chi connectivity index (χ0n) is 19.9. The Balaban J connectivity index is 2.17. The Kier molecular flexibility index (Phi) is 10.5. The summed E-state index contributed by atoms with van der Waals surface area (Å²) in [5, 5.41) is 3.27. The molecule has 2 amide bonds. The molecule has 1 N–H and O–H groups in total. The number of rotatable bonds is 12. The van der Waals surface area contributed by atoms with Gasteiger partial charge in [-0.2, -0.15) is 0 Å². The number of carbonyl (C=O) groups is 2. The number of halogens is 3. The van der Waals surface area contributed by atoms with E-state index >= 15 is 0 Å². The first kappa shape index (κ1) is 28.5. The molecule has 2 aromatic rings. The van der Waals surface area contributed by atoms with Crippen LogP contribution in [0.25, 0.3) is 0 Å². The van der Waals surface area contributed by atoms with Crippen LogP contribution in [0.15, 0.2) is 42.5 Å². The van der Waals surface area contributed by atoms with Gasteiger partial charge in [0.15, 0.2) is 11.6 Å². The first-order valence-corrected chi connectivity index (χ1v) is 13.4. The maximum atomic E-state index is 13.7. The third kappa shape index (κ3) is 8.47. The fourth-order valence-electron chi connectivity index (χ4n) is 3.45. The summed E-state index contributed by atoms with van der Waals surface area (Å²) in [4.78, 5) is 27.1. The average molecular weight is 530 g/mol. The molecule has 0 spiro atoms. The molecule has 0 aliphatic rings. The van der Waals surface area contributed by atoms with Gasteiger partial charge in [0.1, 0.15) is 6.04 Å². The molecule has 0 saturated heterocycles. The van der Waals surface area contributed by atoms with Crippen LogP contribution in [0.1, 0.15) is 38.7 Å². The number of anilines is 1. The van der Waals surface area contributed by atoms with Crippen molar-refractivity contribution >= 4 is 39.1 Å². The van der Waals surface area contributed by atoms with E-state index in [0.29, 0.717) is 11.6 Å². The van der Waals surface area contributed by atoms with Crippen molar-refractivity contribution in [2.24, 2.45) is 0 Å². The lowest BCUT2D eigenvalue weighted by Gasteiger charge is -2.29. The molecule has 0 aromatic heterocycles. The smallest absolute Gasteiger partial charge is 0.242 e. The second-order valence-corrected chi connectivity index (χ2v) is 10.5. The average Bonchev–Trinajstić information content (AvgIpc) is 2.79. The van der Waals surface area contributed by atoms with Gasteiger partial charge >= 0.3 is 0 Å². The molecule has 2 aromatic carbocycles. The topological polar surface area (TPSA) is 86.8 Å². The minimum atomic E-state index is -3.82. The normalized spacial score (nSPS) is 12.2. The van der Waals surface area contributed by atoms with Gasteiger partial charge < -0.3 is 10.2 Å². The number of amides is 2. The lowest BCUT2D eigenvalue weighted by molar-refractivity contribution is -0.140. The van der Waals surface area contributed by atoms with E-state index in [-0.39, 0.29) is 43.4 Å². The van der Waals surface area contributed by atoms with Gasteiger partial charge in [0, 0.05) is 37.1 Å². The Labute approximate surface area is 210 Å². The van der Waals surface area contributed by atoms with Gasteiger partial charge in [0.2, 0.25) is 21.8 Å². The summed E-state index contributed by atoms with van der Waals surface area (Å²) in [5.74, 6) is -2.93. The van der Waals surface area contributed by atoms with Gasteiger partial charge in [-0.05, 0) is 49.6 Å². The molecule has 0 unspecified atom stereocenters. The largest absolute Gasteiger partial charge is 0.354 e. The summed E-state index contributed by atoms with van der Waals surface area (Å²) in [6.07, 6.45) is 1.72. The van der Waals surface area contributed by atoms with Crippen molar-refractivity contribution in [2.75, 3.05) is 23.7 Å². The van der Waals surface area contributed by atoms with Gasteiger partial charge in [0.25, 0.3) is 0 Å². The summed E-state index contributed by atoms with van der Waals surface area (Å²) in [6, 6.07) is 8.96. The van der Waals surface area contributed by atoms with Crippen LogP contribution >= 0.6 is 11.6 Å². The van der Waals surface area contributed by atoms with E-state index < -0.39 is 27.7 Å². The van der Waals surface area contributed by atoms with E-state index in [1.54, 1.807) is 31.2 Å². The molecule has 0 aliphatic heterocycles. The quantitative estimate of drug-likeness (QED) is 0.448. The van der Waals surface area contributed by atoms with Gasteiger partial charge in [0.05, 0.1) is 11.9 Å². The monoisotopic (exact) mass is 529 g/mol. The maximum Gasteiger partial charge on any atom is 0.242 e. The molecule has 0 radical (unpaired) electrons. The number of benzene rings is 2. The van der Waals surface area contributed by atoms with Crippen LogP contribution in [-0.2, 0) is 26.2 Å². The van der Waals surface area contributed by atoms with Crippen molar-refractivity contribution < 1.29 is 26.8 Å². The fraction of sp³-hybridized carbons (Fsp3) is 0.417. The number of nitrogens with one attached hydrogen (secondary N) is 1. The predicted molar refractivity (Wildman–Crippen MR) is 133 cm³/mol. The van der Waals surface area contributed by atoms with E-state index in [4.69, 9.17) is 11.6 Å². The third-order valence-electron chi connectivity index (χ3n) is 5.30. The molecule has 35 heavy (non-hydrogen) atoms. The number of hydrogen-bond acceptors (Lipinski definition) is 4. The lowest BCUT2D eigenvalue weighted by Crippen LogP contribution is -2.47. The first-order chi connectivity index (χ1) is 16.4. The summed E-state index contributed by atoms with van der Waals surface area (Å²) in [7, 11) is -3.82. The Morgan fingerprint density at radius 2 is 1.83 bits per heavy atom. The highest BCUT2D eigenvalue weighted by Gasteiger charge is 2.26. The van der Waals surface area contributed by atoms with Crippen molar-refractivity contribution in [3.05, 3.63) is 64.7 Å². The Morgan fingerprint density at radius 3 is 2.43 bits per heavy atom. The van der Waals surface area contributed by atoms with Crippen LogP contribution in [0.5, 0.6) is 0 Å². The molecule has 11 heteroatoms. The molecular weight excluding hydrogens is 500 g/mol. The van der Waals surface area contributed by atoms with E-state index in [0.717, 1.165) is 40.7 Å². The second kappa shape index (κ2) is 12.8. The van der Waals surface area contributed by atoms with Gasteiger partial charge in [-0.1, -0.05) is 30.7 Å². The number of sulfonamides is 1. The van der Waals surface area contributed by atoms with Crippen molar-refractivity contribution in [2.45, 2.75) is 45.7 Å². The van der Waals surface area contributed by atoms with Crippen LogP contribution in [0.4, 0.5) is 14.5 Å². The SMILES string of the molecule is CCCNC(=O)[C@@H](C)N(Cc1cccc(Cl)c1)C(=O)CCCN(c1ccc(F)c(F)c1)S(C)(=O)=O. The highest BCUT2D eigenvalue weighted by molar-refractivity contribution is 7.92. The zero-order valence-corrected chi connectivity index (χ0v) is 21.5. The molecule has 0 saturated carbocycles. The lowest BCUT2D eigenvalue weighted by atomic mass is 10.1. The maximum absolute atomic E-state index is 13.7. The van der Waals surface area contributed by atoms with Crippen LogP contribution in [-0.4, -0.2) is 50.5 Å². The van der Waals surface area contributed by atoms with Crippen LogP contribution < -0.4 is 9.62 Å². The summed E-state index contributed by atoms with van der Waals surface area (Å²) in [5.41, 5.74) is 0.697. The van der Waals surface area contributed by atoms with Crippen molar-refractivity contribution in [1.29, 1.82) is 0 Å². The fourth-order valence-corrected chi connectivity index (χ4v) is 4.62. The number of carbonyl (C=O) groups excluding carboxylic acids is 2. The van der Waals surface area contributed by atoms with E-state index in [9.17, 15) is 26.8 Å². The standard InChI is InChI=1S/C24H30ClF2N3O4S/c1-4-12-28-24(32)17(2)29(16-18-7-5-8-19(25)14-18)23(31)9-6-13-30(35(3,33)34)20-10-11-21(26)22(27)15-20/h5,7-8,10-11,14-15,17H,4,6,9,12-13,16H2,1-3H3,(H,28,32)/t17-/m1/s1. The molecule has 0 fully saturated rings. The second-order valence-electron chi connectivity index (χ2n) is 8.16. The summed E-state index contributed by atoms with van der Waals surface area (Å²) in [6.45, 7) is 4.02. The molecule has 192 valence electrons. The molecule has 1 atom stereocenters. The van der Waals surface area contributed by atoms with Crippen molar-refractivity contribution in [3.8, 4) is 0 Å². The summed E-state index contributed by atoms with van der Waals surface area (Å²) < 4.78 is 52.4. The molecule has 0 aliphatic carbocycles. The third-order valence-corrected chi connectivity index (χ3v) is 6.73. The van der Waals surface area contributed by atoms with Crippen molar-refractivity contribution in [3.63, 3.8) is 0 Å². The molecule has 0 heterocycles. The van der Waals surface area contributed by atoms with Gasteiger partial charge in [-0.3, -0.25) is 13.9 Å². The van der Waals surface area contributed by atoms with Gasteiger partial charge in [-0.25, -0.2) is 17.2 Å².